The number of nitrogens with zero attached hydrogens (tertiary/aromatic N) is 3. The third-order valence-corrected chi connectivity index (χ3v) is 6.03. The van der Waals surface area contributed by atoms with E-state index in [0.717, 1.165) is 33.3 Å². The predicted octanol–water partition coefficient (Wildman–Crippen LogP) is 5.29. The van der Waals surface area contributed by atoms with Crippen molar-refractivity contribution in [2.45, 2.75) is 31.7 Å². The Bertz CT molecular complexity index is 1110. The summed E-state index contributed by atoms with van der Waals surface area (Å²) < 4.78 is 8.14. The van der Waals surface area contributed by atoms with Gasteiger partial charge >= 0.3 is 0 Å². The first-order chi connectivity index (χ1) is 15.1. The summed E-state index contributed by atoms with van der Waals surface area (Å²) in [5.41, 5.74) is 4.03. The predicted molar refractivity (Wildman–Crippen MR) is 124 cm³/mol. The molecule has 1 heterocycles. The lowest BCUT2D eigenvalue weighted by Crippen LogP contribution is -2.08. The van der Waals surface area contributed by atoms with Crippen molar-refractivity contribution in [2.24, 2.45) is 0 Å². The molecule has 1 N–H and O–H groups in total. The Labute approximate surface area is 186 Å². The van der Waals surface area contributed by atoms with Gasteiger partial charge in [-0.2, -0.15) is 0 Å². The lowest BCUT2D eigenvalue weighted by Gasteiger charge is -2.14. The molecule has 3 aromatic carbocycles. The first kappa shape index (κ1) is 21.2. The molecule has 0 bridgehead atoms. The van der Waals surface area contributed by atoms with Crippen molar-refractivity contribution in [3.05, 3.63) is 101 Å². The summed E-state index contributed by atoms with van der Waals surface area (Å²) >= 11 is 1.48. The molecule has 4 aromatic rings. The van der Waals surface area contributed by atoms with Crippen LogP contribution in [0, 0.1) is 13.8 Å². The standard InChI is InChI=1S/C25H25N3O2S/c1-18-10-9-11-19(2)24(18)30-16-23-26-27-25(28(23)21-14-7-4-8-15-21)31-17-22(29)20-12-5-3-6-13-20/h3-15,22,29H,16-17H2,1-2H3. The van der Waals surface area contributed by atoms with Crippen LogP contribution in [-0.4, -0.2) is 25.6 Å². The number of aromatic nitrogens is 3. The van der Waals surface area contributed by atoms with E-state index in [4.69, 9.17) is 4.74 Å². The average Bonchev–Trinajstić information content (AvgIpc) is 3.21. The van der Waals surface area contributed by atoms with Gasteiger partial charge < -0.3 is 9.84 Å². The zero-order valence-electron chi connectivity index (χ0n) is 17.6. The van der Waals surface area contributed by atoms with Crippen molar-refractivity contribution in [3.8, 4) is 11.4 Å². The Hall–Kier alpha value is -3.09. The van der Waals surface area contributed by atoms with Gasteiger partial charge in [0.15, 0.2) is 11.0 Å². The van der Waals surface area contributed by atoms with Crippen LogP contribution in [0.2, 0.25) is 0 Å². The Morgan fingerprint density at radius 1 is 0.871 bits per heavy atom. The Balaban J connectivity index is 1.57. The maximum atomic E-state index is 10.6. The number of hydrogen-bond donors (Lipinski definition) is 1. The summed E-state index contributed by atoms with van der Waals surface area (Å²) in [4.78, 5) is 0. The van der Waals surface area contributed by atoms with Gasteiger partial charge in [0, 0.05) is 11.4 Å². The van der Waals surface area contributed by atoms with Gasteiger partial charge in [0.05, 0.1) is 6.10 Å². The van der Waals surface area contributed by atoms with Crippen molar-refractivity contribution in [3.63, 3.8) is 0 Å². The maximum Gasteiger partial charge on any atom is 0.196 e. The van der Waals surface area contributed by atoms with E-state index in [1.54, 1.807) is 0 Å². The van der Waals surface area contributed by atoms with E-state index in [1.165, 1.54) is 11.8 Å². The van der Waals surface area contributed by atoms with Crippen LogP contribution in [0.15, 0.2) is 84.0 Å². The van der Waals surface area contributed by atoms with Crippen LogP contribution in [-0.2, 0) is 6.61 Å². The number of aliphatic hydroxyl groups excluding tert-OH is 1. The summed E-state index contributed by atoms with van der Waals surface area (Å²) in [6, 6.07) is 25.7. The van der Waals surface area contributed by atoms with Crippen LogP contribution in [0.1, 0.15) is 28.6 Å². The van der Waals surface area contributed by atoms with E-state index in [2.05, 4.69) is 10.2 Å². The molecule has 0 saturated heterocycles. The van der Waals surface area contributed by atoms with Gasteiger partial charge in [-0.1, -0.05) is 78.5 Å². The zero-order valence-corrected chi connectivity index (χ0v) is 18.4. The number of aliphatic hydroxyl groups is 1. The molecule has 0 fully saturated rings. The second-order valence-electron chi connectivity index (χ2n) is 7.32. The van der Waals surface area contributed by atoms with Crippen molar-refractivity contribution in [1.82, 2.24) is 14.8 Å². The van der Waals surface area contributed by atoms with Crippen LogP contribution in [0.3, 0.4) is 0 Å². The van der Waals surface area contributed by atoms with E-state index >= 15 is 0 Å². The monoisotopic (exact) mass is 431 g/mol. The normalized spacial score (nSPS) is 12.0. The van der Waals surface area contributed by atoms with Crippen LogP contribution >= 0.6 is 11.8 Å². The van der Waals surface area contributed by atoms with Crippen molar-refractivity contribution >= 4 is 11.8 Å². The third kappa shape index (κ3) is 4.98. The van der Waals surface area contributed by atoms with E-state index in [0.29, 0.717) is 18.2 Å². The van der Waals surface area contributed by atoms with Crippen LogP contribution in [0.25, 0.3) is 5.69 Å². The number of thioether (sulfide) groups is 1. The van der Waals surface area contributed by atoms with Crippen molar-refractivity contribution in [1.29, 1.82) is 0 Å². The van der Waals surface area contributed by atoms with Gasteiger partial charge in [-0.3, -0.25) is 4.57 Å². The molecule has 0 spiro atoms. The Morgan fingerprint density at radius 2 is 1.52 bits per heavy atom. The van der Waals surface area contributed by atoms with Crippen LogP contribution in [0.4, 0.5) is 0 Å². The minimum absolute atomic E-state index is 0.301. The molecule has 1 atom stereocenters. The molecular formula is C25H25N3O2S. The highest BCUT2D eigenvalue weighted by Gasteiger charge is 2.18. The van der Waals surface area contributed by atoms with Gasteiger partial charge in [-0.05, 0) is 42.7 Å². The van der Waals surface area contributed by atoms with E-state index in [-0.39, 0.29) is 0 Å². The molecule has 0 amide bonds. The summed E-state index contributed by atoms with van der Waals surface area (Å²) in [7, 11) is 0. The lowest BCUT2D eigenvalue weighted by molar-refractivity contribution is 0.204. The van der Waals surface area contributed by atoms with E-state index in [9.17, 15) is 5.11 Å². The largest absolute Gasteiger partial charge is 0.485 e. The van der Waals surface area contributed by atoms with Crippen LogP contribution in [0.5, 0.6) is 5.75 Å². The second kappa shape index (κ2) is 9.81. The summed E-state index contributed by atoms with van der Waals surface area (Å²) in [6.07, 6.45) is -0.582. The summed E-state index contributed by atoms with van der Waals surface area (Å²) in [5, 5.41) is 20.1. The molecule has 4 rings (SSSR count). The minimum atomic E-state index is -0.582. The molecule has 5 nitrogen and oxygen atoms in total. The zero-order chi connectivity index (χ0) is 21.6. The fourth-order valence-corrected chi connectivity index (χ4v) is 4.35. The quantitative estimate of drug-likeness (QED) is 0.384. The summed E-state index contributed by atoms with van der Waals surface area (Å²) in [6.45, 7) is 4.38. The number of hydrogen-bond acceptors (Lipinski definition) is 5. The summed E-state index contributed by atoms with van der Waals surface area (Å²) in [5.74, 6) is 2.07. The highest BCUT2D eigenvalue weighted by molar-refractivity contribution is 7.99. The first-order valence-electron chi connectivity index (χ1n) is 10.2. The Morgan fingerprint density at radius 3 is 2.19 bits per heavy atom. The maximum absolute atomic E-state index is 10.6. The van der Waals surface area contributed by atoms with Gasteiger partial charge in [-0.25, -0.2) is 0 Å². The molecule has 0 saturated carbocycles. The molecule has 0 aliphatic heterocycles. The molecule has 0 aliphatic carbocycles. The van der Waals surface area contributed by atoms with Crippen molar-refractivity contribution < 1.29 is 9.84 Å². The minimum Gasteiger partial charge on any atom is -0.485 e. The van der Waals surface area contributed by atoms with E-state index in [1.807, 2.05) is 97.3 Å². The van der Waals surface area contributed by atoms with Crippen molar-refractivity contribution in [2.75, 3.05) is 5.75 Å². The number of para-hydroxylation sites is 2. The van der Waals surface area contributed by atoms with Crippen LogP contribution < -0.4 is 4.74 Å². The molecule has 0 radical (unpaired) electrons. The number of benzene rings is 3. The second-order valence-corrected chi connectivity index (χ2v) is 8.30. The van der Waals surface area contributed by atoms with Gasteiger partial charge in [0.2, 0.25) is 0 Å². The highest BCUT2D eigenvalue weighted by Crippen LogP contribution is 2.28. The molecule has 1 aromatic heterocycles. The average molecular weight is 432 g/mol. The molecular weight excluding hydrogens is 406 g/mol. The van der Waals surface area contributed by atoms with Gasteiger partial charge in [-0.15, -0.1) is 10.2 Å². The van der Waals surface area contributed by atoms with Gasteiger partial charge in [0.1, 0.15) is 12.4 Å². The van der Waals surface area contributed by atoms with E-state index < -0.39 is 6.10 Å². The third-order valence-electron chi connectivity index (χ3n) is 5.02. The SMILES string of the molecule is Cc1cccc(C)c1OCc1nnc(SCC(O)c2ccccc2)n1-c1ccccc1. The Kier molecular flexibility index (Phi) is 6.70. The fourth-order valence-electron chi connectivity index (χ4n) is 3.41. The topological polar surface area (TPSA) is 60.2 Å². The molecule has 6 heteroatoms. The molecule has 1 unspecified atom stereocenters. The number of aryl methyl sites for hydroxylation is 2. The number of rotatable bonds is 8. The smallest absolute Gasteiger partial charge is 0.196 e. The molecule has 0 aliphatic rings. The van der Waals surface area contributed by atoms with Gasteiger partial charge in [0.25, 0.3) is 0 Å². The molecule has 31 heavy (non-hydrogen) atoms. The highest BCUT2D eigenvalue weighted by atomic mass is 32.2. The lowest BCUT2D eigenvalue weighted by atomic mass is 10.1. The number of ether oxygens (including phenoxy) is 1. The fraction of sp³-hybridized carbons (Fsp3) is 0.200. The first-order valence-corrected chi connectivity index (χ1v) is 11.2. The molecule has 158 valence electrons.